The Bertz CT molecular complexity index is 1300. The Morgan fingerprint density at radius 3 is 1.79 bits per heavy atom. The Labute approximate surface area is 252 Å². The van der Waals surface area contributed by atoms with Crippen LogP contribution in [0.15, 0.2) is 28.7 Å². The highest BCUT2D eigenvalue weighted by Crippen LogP contribution is 2.57. The highest BCUT2D eigenvalue weighted by Gasteiger charge is 2.63. The van der Waals surface area contributed by atoms with Crippen LogP contribution in [0.1, 0.15) is 68.1 Å². The molecule has 4 amide bonds. The molecule has 0 spiro atoms. The lowest BCUT2D eigenvalue weighted by Crippen LogP contribution is -2.47. The number of benzene rings is 1. The standard InChI is InChI=1S/C32H35BrN2O7/c33-21-10-8-16(9-11-21)23(36)15-42-32(41)22(35-30(39)26-19-6-7-20(14-19)27(26)31(35)40)3-1-2-12-34-28(37)24-17-4-5-18(13-17)25(24)29(34)38/h8-11,17-20,22,24-27H,1-7,12-15H2. The molecular weight excluding hydrogens is 604 g/mol. The highest BCUT2D eigenvalue weighted by atomic mass is 79.9. The average Bonchev–Trinajstić information content (AvgIpc) is 3.83. The van der Waals surface area contributed by atoms with E-state index < -0.39 is 18.6 Å². The largest absolute Gasteiger partial charge is 0.456 e. The molecule has 6 fully saturated rings. The highest BCUT2D eigenvalue weighted by molar-refractivity contribution is 9.10. The van der Waals surface area contributed by atoms with Crippen molar-refractivity contribution >= 4 is 51.3 Å². The number of fused-ring (bicyclic) bond motifs is 10. The van der Waals surface area contributed by atoms with E-state index in [0.29, 0.717) is 30.2 Å². The van der Waals surface area contributed by atoms with E-state index in [2.05, 4.69) is 15.9 Å². The Kier molecular flexibility index (Phi) is 7.10. The normalized spacial score (nSPS) is 34.9. The first kappa shape index (κ1) is 27.9. The number of ketones is 1. The molecule has 4 saturated carbocycles. The SMILES string of the molecule is O=C(COC(=O)C(CCCCN1C(=O)C2C3CCC(C3)C2C1=O)N1C(=O)C2C3CCC(C3)C2C1=O)c1ccc(Br)cc1. The smallest absolute Gasteiger partial charge is 0.329 e. The number of carbonyl (C=O) groups is 6. The number of carbonyl (C=O) groups excluding carboxylic acids is 6. The molecule has 10 heteroatoms. The molecular formula is C32H35BrN2O7. The van der Waals surface area contributed by atoms with Gasteiger partial charge in [-0.25, -0.2) is 4.79 Å². The molecule has 9 unspecified atom stereocenters. The van der Waals surface area contributed by atoms with Gasteiger partial charge in [0.15, 0.2) is 12.4 Å². The minimum atomic E-state index is -1.13. The summed E-state index contributed by atoms with van der Waals surface area (Å²) in [6.45, 7) is -0.224. The first-order chi connectivity index (χ1) is 20.2. The van der Waals surface area contributed by atoms with Crippen LogP contribution >= 0.6 is 15.9 Å². The van der Waals surface area contributed by atoms with Crippen LogP contribution in [0.4, 0.5) is 0 Å². The Morgan fingerprint density at radius 1 is 0.762 bits per heavy atom. The summed E-state index contributed by atoms with van der Waals surface area (Å²) in [5.74, 6) is -1.95. The van der Waals surface area contributed by atoms with Crippen molar-refractivity contribution in [1.82, 2.24) is 9.80 Å². The molecule has 1 aromatic rings. The monoisotopic (exact) mass is 638 g/mol. The number of rotatable bonds is 10. The second-order valence-electron chi connectivity index (χ2n) is 13.2. The summed E-state index contributed by atoms with van der Waals surface area (Å²) in [5.41, 5.74) is 0.389. The molecule has 4 aliphatic carbocycles. The molecule has 42 heavy (non-hydrogen) atoms. The summed E-state index contributed by atoms with van der Waals surface area (Å²) in [6.07, 6.45) is 6.80. The van der Waals surface area contributed by atoms with Gasteiger partial charge in [-0.2, -0.15) is 0 Å². The molecule has 7 rings (SSSR count). The second kappa shape index (κ2) is 10.7. The van der Waals surface area contributed by atoms with Gasteiger partial charge in [-0.3, -0.25) is 33.8 Å². The van der Waals surface area contributed by atoms with Crippen LogP contribution in [0.2, 0.25) is 0 Å². The van der Waals surface area contributed by atoms with Crippen LogP contribution in [0.25, 0.3) is 0 Å². The van der Waals surface area contributed by atoms with Crippen LogP contribution in [-0.4, -0.2) is 64.4 Å². The zero-order valence-corrected chi connectivity index (χ0v) is 25.0. The number of amides is 4. The van der Waals surface area contributed by atoms with Gasteiger partial charge in [0, 0.05) is 16.6 Å². The lowest BCUT2D eigenvalue weighted by atomic mass is 9.81. The maximum atomic E-state index is 13.6. The maximum Gasteiger partial charge on any atom is 0.329 e. The fourth-order valence-electron chi connectivity index (χ4n) is 9.34. The number of Topliss-reactive ketones (excluding diaryl/α,β-unsaturated/α-hetero) is 1. The van der Waals surface area contributed by atoms with Crippen LogP contribution < -0.4 is 0 Å². The number of hydrogen-bond donors (Lipinski definition) is 0. The van der Waals surface area contributed by atoms with Gasteiger partial charge in [0.05, 0.1) is 23.7 Å². The summed E-state index contributed by atoms with van der Waals surface area (Å²) in [5, 5.41) is 0. The predicted octanol–water partition coefficient (Wildman–Crippen LogP) is 3.78. The molecule has 9 nitrogen and oxygen atoms in total. The van der Waals surface area contributed by atoms with E-state index in [1.165, 1.54) is 4.90 Å². The molecule has 2 aliphatic heterocycles. The predicted molar refractivity (Wildman–Crippen MR) is 151 cm³/mol. The van der Waals surface area contributed by atoms with Crippen molar-refractivity contribution in [2.45, 2.75) is 63.8 Å². The van der Waals surface area contributed by atoms with E-state index in [9.17, 15) is 28.8 Å². The number of ether oxygens (including phenoxy) is 1. The lowest BCUT2D eigenvalue weighted by molar-refractivity contribution is -0.159. The van der Waals surface area contributed by atoms with Crippen molar-refractivity contribution in [3.05, 3.63) is 34.3 Å². The fourth-order valence-corrected chi connectivity index (χ4v) is 9.61. The third-order valence-electron chi connectivity index (χ3n) is 11.2. The Morgan fingerprint density at radius 2 is 1.26 bits per heavy atom. The first-order valence-electron chi connectivity index (χ1n) is 15.4. The van der Waals surface area contributed by atoms with Gasteiger partial charge in [0.25, 0.3) is 0 Å². The molecule has 0 aromatic heterocycles. The van der Waals surface area contributed by atoms with Gasteiger partial charge < -0.3 is 4.74 Å². The van der Waals surface area contributed by atoms with Crippen molar-refractivity contribution in [1.29, 1.82) is 0 Å². The second-order valence-corrected chi connectivity index (χ2v) is 14.1. The number of nitrogens with zero attached hydrogens (tertiary/aromatic N) is 2. The summed E-state index contributed by atoms with van der Waals surface area (Å²) in [7, 11) is 0. The molecule has 9 atom stereocenters. The molecule has 2 saturated heterocycles. The van der Waals surface area contributed by atoms with E-state index >= 15 is 0 Å². The molecule has 0 N–H and O–H groups in total. The van der Waals surface area contributed by atoms with Gasteiger partial charge >= 0.3 is 5.97 Å². The summed E-state index contributed by atoms with van der Waals surface area (Å²) in [4.78, 5) is 81.9. The van der Waals surface area contributed by atoms with Crippen molar-refractivity contribution in [3.8, 4) is 0 Å². The van der Waals surface area contributed by atoms with Crippen molar-refractivity contribution in [2.75, 3.05) is 13.2 Å². The van der Waals surface area contributed by atoms with Gasteiger partial charge in [-0.15, -0.1) is 0 Å². The van der Waals surface area contributed by atoms with Gasteiger partial charge in [0.2, 0.25) is 23.6 Å². The molecule has 0 radical (unpaired) electrons. The van der Waals surface area contributed by atoms with E-state index in [-0.39, 0.29) is 77.9 Å². The van der Waals surface area contributed by atoms with Crippen molar-refractivity contribution in [2.24, 2.45) is 47.3 Å². The number of esters is 1. The minimum absolute atomic E-state index is 0.0622. The molecule has 222 valence electrons. The zero-order valence-electron chi connectivity index (χ0n) is 23.4. The van der Waals surface area contributed by atoms with Crippen LogP contribution in [0.5, 0.6) is 0 Å². The number of hydrogen-bond acceptors (Lipinski definition) is 7. The van der Waals surface area contributed by atoms with E-state index in [1.807, 2.05) is 0 Å². The quantitative estimate of drug-likeness (QED) is 0.166. The van der Waals surface area contributed by atoms with Crippen LogP contribution in [0.3, 0.4) is 0 Å². The Balaban J connectivity index is 1.02. The summed E-state index contributed by atoms with van der Waals surface area (Å²) in [6, 6.07) is 5.57. The molecule has 4 bridgehead atoms. The van der Waals surface area contributed by atoms with E-state index in [4.69, 9.17) is 4.74 Å². The van der Waals surface area contributed by atoms with Crippen LogP contribution in [-0.2, 0) is 28.7 Å². The molecule has 6 aliphatic rings. The van der Waals surface area contributed by atoms with Crippen LogP contribution in [0, 0.1) is 47.3 Å². The van der Waals surface area contributed by atoms with Gasteiger partial charge in [-0.05, 0) is 93.6 Å². The summed E-state index contributed by atoms with van der Waals surface area (Å²) >= 11 is 3.33. The molecule has 2 heterocycles. The van der Waals surface area contributed by atoms with Crippen molar-refractivity contribution < 1.29 is 33.5 Å². The molecule has 1 aromatic carbocycles. The Hall–Kier alpha value is -2.88. The summed E-state index contributed by atoms with van der Waals surface area (Å²) < 4.78 is 6.25. The number of likely N-dealkylation sites (tertiary alicyclic amines) is 2. The number of imide groups is 2. The number of halogens is 1. The third-order valence-corrected chi connectivity index (χ3v) is 11.7. The first-order valence-corrected chi connectivity index (χ1v) is 16.2. The topological polar surface area (TPSA) is 118 Å². The fraction of sp³-hybridized carbons (Fsp3) is 0.625. The zero-order chi connectivity index (χ0) is 29.3. The number of unbranched alkanes of at least 4 members (excludes halogenated alkanes) is 1. The average molecular weight is 640 g/mol. The van der Waals surface area contributed by atoms with E-state index in [0.717, 1.165) is 47.9 Å². The van der Waals surface area contributed by atoms with Gasteiger partial charge in [-0.1, -0.05) is 28.1 Å². The van der Waals surface area contributed by atoms with E-state index in [1.54, 1.807) is 24.3 Å². The lowest BCUT2D eigenvalue weighted by Gasteiger charge is -2.26. The maximum absolute atomic E-state index is 13.6. The minimum Gasteiger partial charge on any atom is -0.456 e. The third kappa shape index (κ3) is 4.38. The van der Waals surface area contributed by atoms with Gasteiger partial charge in [0.1, 0.15) is 6.04 Å². The van der Waals surface area contributed by atoms with Crippen molar-refractivity contribution in [3.63, 3.8) is 0 Å².